The van der Waals surface area contributed by atoms with Crippen molar-refractivity contribution in [1.29, 1.82) is 0 Å². The molecule has 39 heavy (non-hydrogen) atoms. The molecule has 1 heterocycles. The van der Waals surface area contributed by atoms with Gasteiger partial charge in [0.2, 0.25) is 5.91 Å². The van der Waals surface area contributed by atoms with Crippen LogP contribution < -0.4 is 4.90 Å². The lowest BCUT2D eigenvalue weighted by Gasteiger charge is -2.54. The normalized spacial score (nSPS) is 25.3. The van der Waals surface area contributed by atoms with Gasteiger partial charge in [-0.2, -0.15) is 0 Å². The number of esters is 1. The molecule has 0 radical (unpaired) electrons. The summed E-state index contributed by atoms with van der Waals surface area (Å²) in [6, 6.07) is 16.6. The molecule has 1 amide bonds. The van der Waals surface area contributed by atoms with Crippen molar-refractivity contribution in [1.82, 2.24) is 4.98 Å². The van der Waals surface area contributed by atoms with Gasteiger partial charge in [0.25, 0.3) is 0 Å². The van der Waals surface area contributed by atoms with Gasteiger partial charge in [0.05, 0.1) is 22.3 Å². The quantitative estimate of drug-likeness (QED) is 0.227. The second-order valence-corrected chi connectivity index (χ2v) is 13.0. The van der Waals surface area contributed by atoms with Crippen LogP contribution in [0.15, 0.2) is 54.6 Å². The number of benzene rings is 2. The summed E-state index contributed by atoms with van der Waals surface area (Å²) in [4.78, 5) is 32.9. The molecule has 0 aliphatic heterocycles. The number of carbonyl (C=O) groups excluding carboxylic acids is 2. The van der Waals surface area contributed by atoms with Gasteiger partial charge in [-0.1, -0.05) is 43.5 Å². The molecule has 6 heteroatoms. The number of para-hydroxylation sites is 1. The number of aromatic nitrogens is 1. The third kappa shape index (κ3) is 5.28. The predicted octanol–water partition coefficient (Wildman–Crippen LogP) is 7.69. The Morgan fingerprint density at radius 1 is 1.00 bits per heavy atom. The molecule has 0 spiro atoms. The van der Waals surface area contributed by atoms with Gasteiger partial charge >= 0.3 is 5.97 Å². The number of thiazole rings is 1. The largest absolute Gasteiger partial charge is 0.466 e. The van der Waals surface area contributed by atoms with Gasteiger partial charge in [-0.3, -0.25) is 4.79 Å². The number of nitrogens with zero attached hydrogens (tertiary/aromatic N) is 2. The summed E-state index contributed by atoms with van der Waals surface area (Å²) in [5, 5.41) is 1.32. The van der Waals surface area contributed by atoms with E-state index in [1.807, 2.05) is 29.5 Å². The van der Waals surface area contributed by atoms with Crippen LogP contribution in [0.2, 0.25) is 0 Å². The molecule has 4 saturated carbocycles. The van der Waals surface area contributed by atoms with Crippen LogP contribution >= 0.6 is 11.3 Å². The molecule has 5 nitrogen and oxygen atoms in total. The Labute approximate surface area is 235 Å². The fourth-order valence-corrected chi connectivity index (χ4v) is 8.39. The molecular weight excluding hydrogens is 504 g/mol. The van der Waals surface area contributed by atoms with E-state index in [9.17, 15) is 9.59 Å². The summed E-state index contributed by atoms with van der Waals surface area (Å²) in [5.41, 5.74) is 3.32. The van der Waals surface area contributed by atoms with Crippen molar-refractivity contribution in [2.24, 2.45) is 11.3 Å². The number of rotatable bonds is 7. The molecule has 0 N–H and O–H groups in total. The van der Waals surface area contributed by atoms with Gasteiger partial charge in [0, 0.05) is 29.6 Å². The Morgan fingerprint density at radius 2 is 1.74 bits per heavy atom. The van der Waals surface area contributed by atoms with E-state index in [1.54, 1.807) is 6.08 Å². The molecule has 4 fully saturated rings. The second-order valence-electron chi connectivity index (χ2n) is 12.0. The zero-order valence-electron chi connectivity index (χ0n) is 22.9. The maximum absolute atomic E-state index is 14.1. The first-order valence-electron chi connectivity index (χ1n) is 14.5. The summed E-state index contributed by atoms with van der Waals surface area (Å²) < 4.78 is 6.05. The van der Waals surface area contributed by atoms with Crippen LogP contribution in [-0.4, -0.2) is 30.5 Å². The van der Waals surface area contributed by atoms with Crippen molar-refractivity contribution in [3.8, 4) is 0 Å². The molecule has 4 aliphatic rings. The molecule has 3 aromatic rings. The van der Waals surface area contributed by atoms with Crippen molar-refractivity contribution in [3.05, 3.63) is 65.2 Å². The van der Waals surface area contributed by atoms with E-state index in [2.05, 4.69) is 35.2 Å². The number of hydrogen-bond donors (Lipinski definition) is 0. The molecule has 2 bridgehead atoms. The van der Waals surface area contributed by atoms with Crippen molar-refractivity contribution in [2.45, 2.75) is 76.0 Å². The average Bonchev–Trinajstić information content (AvgIpc) is 3.45. The molecule has 204 valence electrons. The van der Waals surface area contributed by atoms with E-state index in [4.69, 9.17) is 9.72 Å². The first kappa shape index (κ1) is 26.2. The van der Waals surface area contributed by atoms with Crippen molar-refractivity contribution >= 4 is 45.2 Å². The standard InChI is InChI=1S/C33H38N2O3S/c1-38-29(36)15-14-24-8-7-11-26(22-24)35(30(37)25-9-3-2-4-10-25)23-32-16-19-33(20-17-32,21-18-32)31-34-27-12-5-6-13-28(27)39-31/h5-8,11-15,22,25H,2-4,9-10,16-21,23H2,1H3/b15-14+. The Bertz CT molecular complexity index is 1330. The van der Waals surface area contributed by atoms with E-state index in [-0.39, 0.29) is 28.6 Å². The number of ether oxygens (including phenoxy) is 1. The van der Waals surface area contributed by atoms with Crippen LogP contribution in [0.5, 0.6) is 0 Å². The van der Waals surface area contributed by atoms with Crippen LogP contribution in [0, 0.1) is 11.3 Å². The number of fused-ring (bicyclic) bond motifs is 4. The zero-order valence-corrected chi connectivity index (χ0v) is 23.7. The van der Waals surface area contributed by atoms with Gasteiger partial charge in [-0.25, -0.2) is 9.78 Å². The van der Waals surface area contributed by atoms with Gasteiger partial charge in [-0.05, 0) is 92.7 Å². The van der Waals surface area contributed by atoms with Gasteiger partial charge in [0.15, 0.2) is 0 Å². The number of anilines is 1. The lowest BCUT2D eigenvalue weighted by Crippen LogP contribution is -2.51. The monoisotopic (exact) mass is 542 g/mol. The summed E-state index contributed by atoms with van der Waals surface area (Å²) >= 11 is 1.88. The highest BCUT2D eigenvalue weighted by atomic mass is 32.1. The third-order valence-electron chi connectivity index (χ3n) is 9.66. The minimum atomic E-state index is -0.379. The first-order valence-corrected chi connectivity index (χ1v) is 15.3. The molecule has 0 saturated heterocycles. The van der Waals surface area contributed by atoms with Gasteiger partial charge in [-0.15, -0.1) is 11.3 Å². The minimum Gasteiger partial charge on any atom is -0.466 e. The van der Waals surface area contributed by atoms with Gasteiger partial charge in [0.1, 0.15) is 0 Å². The van der Waals surface area contributed by atoms with Crippen LogP contribution in [0.3, 0.4) is 0 Å². The van der Waals surface area contributed by atoms with Crippen LogP contribution in [0.1, 0.15) is 81.2 Å². The van der Waals surface area contributed by atoms with Crippen LogP contribution in [0.25, 0.3) is 16.3 Å². The molecule has 7 rings (SSSR count). The highest BCUT2D eigenvalue weighted by Gasteiger charge is 2.51. The van der Waals surface area contributed by atoms with E-state index in [1.165, 1.54) is 29.3 Å². The molecule has 0 unspecified atom stereocenters. The maximum Gasteiger partial charge on any atom is 0.330 e. The molecule has 0 atom stereocenters. The smallest absolute Gasteiger partial charge is 0.330 e. The van der Waals surface area contributed by atoms with Gasteiger partial charge < -0.3 is 9.64 Å². The predicted molar refractivity (Wildman–Crippen MR) is 158 cm³/mol. The number of methoxy groups -OCH3 is 1. The first-order chi connectivity index (χ1) is 19.0. The molecule has 1 aromatic heterocycles. The average molecular weight is 543 g/mol. The fraction of sp³-hybridized carbons (Fsp3) is 0.485. The zero-order chi connectivity index (χ0) is 26.9. The van der Waals surface area contributed by atoms with Crippen LogP contribution in [-0.2, 0) is 19.7 Å². The summed E-state index contributed by atoms with van der Waals surface area (Å²) in [6.07, 6.45) is 15.6. The van der Waals surface area contributed by atoms with E-state index < -0.39 is 0 Å². The van der Waals surface area contributed by atoms with E-state index >= 15 is 0 Å². The number of amides is 1. The van der Waals surface area contributed by atoms with E-state index in [0.29, 0.717) is 0 Å². The summed E-state index contributed by atoms with van der Waals surface area (Å²) in [6.45, 7) is 0.780. The second kappa shape index (κ2) is 10.9. The lowest BCUT2D eigenvalue weighted by atomic mass is 9.53. The Morgan fingerprint density at radius 3 is 2.46 bits per heavy atom. The number of hydrogen-bond acceptors (Lipinski definition) is 5. The van der Waals surface area contributed by atoms with Crippen LogP contribution in [0.4, 0.5) is 5.69 Å². The van der Waals surface area contributed by atoms with Crippen molar-refractivity contribution < 1.29 is 14.3 Å². The Hall–Kier alpha value is -2.99. The number of carbonyl (C=O) groups is 2. The molecule has 4 aliphatic carbocycles. The maximum atomic E-state index is 14.1. The Balaban J connectivity index is 1.25. The summed E-state index contributed by atoms with van der Waals surface area (Å²) in [7, 11) is 1.38. The third-order valence-corrected chi connectivity index (χ3v) is 10.9. The SMILES string of the molecule is COC(=O)/C=C/c1cccc(N(CC23CCC(c4nc5ccccc5s4)(CC2)CC3)C(=O)C2CCCCC2)c1. The highest BCUT2D eigenvalue weighted by Crippen LogP contribution is 2.59. The fourth-order valence-electron chi connectivity index (χ4n) is 7.15. The minimum absolute atomic E-state index is 0.110. The summed E-state index contributed by atoms with van der Waals surface area (Å²) in [5.74, 6) is 0.0145. The Kier molecular flexibility index (Phi) is 7.32. The highest BCUT2D eigenvalue weighted by molar-refractivity contribution is 7.18. The van der Waals surface area contributed by atoms with Crippen molar-refractivity contribution in [3.63, 3.8) is 0 Å². The lowest BCUT2D eigenvalue weighted by molar-refractivity contribution is -0.134. The van der Waals surface area contributed by atoms with E-state index in [0.717, 1.165) is 87.5 Å². The topological polar surface area (TPSA) is 59.5 Å². The van der Waals surface area contributed by atoms with Crippen molar-refractivity contribution in [2.75, 3.05) is 18.6 Å². The molecule has 2 aromatic carbocycles. The molecular formula is C33H38N2O3S.